The van der Waals surface area contributed by atoms with E-state index in [0.717, 1.165) is 0 Å². The molecule has 0 aliphatic rings. The number of hydrogen-bond acceptors (Lipinski definition) is 2. The number of hydrogen-bond donors (Lipinski definition) is 0. The van der Waals surface area contributed by atoms with E-state index in [1.807, 2.05) is 109 Å². The summed E-state index contributed by atoms with van der Waals surface area (Å²) in [4.78, 5) is 25.0. The van der Waals surface area contributed by atoms with Crippen molar-refractivity contribution in [3.63, 3.8) is 0 Å². The second kappa shape index (κ2) is 9.01. The molecular formula is C26H18O2Te. The van der Waals surface area contributed by atoms with Crippen LogP contribution in [0, 0.1) is 0 Å². The van der Waals surface area contributed by atoms with Crippen molar-refractivity contribution in [1.82, 2.24) is 0 Å². The molecule has 2 nitrogen and oxygen atoms in total. The van der Waals surface area contributed by atoms with Gasteiger partial charge < -0.3 is 0 Å². The molecule has 0 radical (unpaired) electrons. The van der Waals surface area contributed by atoms with Crippen molar-refractivity contribution in [3.05, 3.63) is 131 Å². The standard InChI is InChI=1S/C26H18O2Te/c27-25(19-7-3-1-4-8-19)21-11-15-23(16-12-21)29-24-17-13-22(14-18-24)26(28)20-9-5-2-6-10-20/h1-18H. The Hall–Kier alpha value is -2.99. The zero-order valence-electron chi connectivity index (χ0n) is 15.6. The molecule has 0 fully saturated rings. The fraction of sp³-hybridized carbons (Fsp3) is 0. The van der Waals surface area contributed by atoms with Gasteiger partial charge in [0, 0.05) is 0 Å². The van der Waals surface area contributed by atoms with Crippen LogP contribution in [0.1, 0.15) is 31.8 Å². The van der Waals surface area contributed by atoms with Crippen LogP contribution in [-0.2, 0) is 0 Å². The SMILES string of the molecule is O=C(c1ccccc1)c1ccc([Te]c2ccc(C(=O)c3ccccc3)cc2)cc1. The number of rotatable bonds is 6. The Labute approximate surface area is 180 Å². The van der Waals surface area contributed by atoms with Gasteiger partial charge in [0.25, 0.3) is 0 Å². The minimum absolute atomic E-state index is 0.0431. The predicted molar refractivity (Wildman–Crippen MR) is 118 cm³/mol. The van der Waals surface area contributed by atoms with Gasteiger partial charge in [0.05, 0.1) is 0 Å². The Bertz CT molecular complexity index is 1020. The van der Waals surface area contributed by atoms with Crippen molar-refractivity contribution in [2.24, 2.45) is 0 Å². The van der Waals surface area contributed by atoms with Crippen molar-refractivity contribution in [1.29, 1.82) is 0 Å². The minimum atomic E-state index is -0.573. The third-order valence-electron chi connectivity index (χ3n) is 4.54. The molecule has 0 saturated heterocycles. The summed E-state index contributed by atoms with van der Waals surface area (Å²) in [6.45, 7) is 0. The molecule has 0 aliphatic carbocycles. The maximum absolute atomic E-state index is 12.5. The van der Waals surface area contributed by atoms with Crippen LogP contribution in [0.25, 0.3) is 0 Å². The van der Waals surface area contributed by atoms with Crippen molar-refractivity contribution < 1.29 is 9.59 Å². The van der Waals surface area contributed by atoms with Gasteiger partial charge in [-0.1, -0.05) is 0 Å². The van der Waals surface area contributed by atoms with Crippen molar-refractivity contribution in [3.8, 4) is 0 Å². The van der Waals surface area contributed by atoms with Crippen LogP contribution in [0.4, 0.5) is 0 Å². The van der Waals surface area contributed by atoms with Gasteiger partial charge in [0.1, 0.15) is 0 Å². The summed E-state index contributed by atoms with van der Waals surface area (Å²) in [5, 5.41) is 0. The van der Waals surface area contributed by atoms with Gasteiger partial charge in [-0.3, -0.25) is 0 Å². The van der Waals surface area contributed by atoms with Crippen LogP contribution in [-0.4, -0.2) is 32.5 Å². The Morgan fingerprint density at radius 2 is 0.724 bits per heavy atom. The second-order valence-electron chi connectivity index (χ2n) is 6.54. The zero-order valence-corrected chi connectivity index (χ0v) is 17.9. The van der Waals surface area contributed by atoms with E-state index in [4.69, 9.17) is 0 Å². The fourth-order valence-corrected chi connectivity index (χ4v) is 5.33. The van der Waals surface area contributed by atoms with Crippen LogP contribution in [0.2, 0.25) is 0 Å². The normalized spacial score (nSPS) is 10.5. The first kappa shape index (κ1) is 19.3. The molecule has 0 saturated carbocycles. The van der Waals surface area contributed by atoms with Gasteiger partial charge in [0.2, 0.25) is 0 Å². The third kappa shape index (κ3) is 4.71. The fourth-order valence-electron chi connectivity index (χ4n) is 3.00. The monoisotopic (exact) mass is 492 g/mol. The number of carbonyl (C=O) groups is 2. The first-order valence-electron chi connectivity index (χ1n) is 9.28. The number of ketones is 2. The summed E-state index contributed by atoms with van der Waals surface area (Å²) in [6.07, 6.45) is 0. The maximum atomic E-state index is 12.5. The third-order valence-corrected chi connectivity index (χ3v) is 7.44. The van der Waals surface area contributed by atoms with E-state index in [9.17, 15) is 9.59 Å². The summed E-state index contributed by atoms with van der Waals surface area (Å²) >= 11 is -0.573. The van der Waals surface area contributed by atoms with E-state index >= 15 is 0 Å². The van der Waals surface area contributed by atoms with Crippen molar-refractivity contribution in [2.45, 2.75) is 0 Å². The van der Waals surface area contributed by atoms with Crippen LogP contribution < -0.4 is 7.22 Å². The molecule has 29 heavy (non-hydrogen) atoms. The van der Waals surface area contributed by atoms with Crippen LogP contribution in [0.15, 0.2) is 109 Å². The molecule has 0 bridgehead atoms. The molecule has 0 heterocycles. The molecule has 0 unspecified atom stereocenters. The molecule has 4 rings (SSSR count). The summed E-state index contributed by atoms with van der Waals surface area (Å²) in [6, 6.07) is 34.5. The molecule has 0 aromatic heterocycles. The molecule has 4 aromatic rings. The molecule has 140 valence electrons. The Balaban J connectivity index is 1.44. The quantitative estimate of drug-likeness (QED) is 0.305. The summed E-state index contributed by atoms with van der Waals surface area (Å²) < 4.78 is 2.50. The van der Waals surface area contributed by atoms with Crippen molar-refractivity contribution >= 4 is 39.7 Å². The summed E-state index contributed by atoms with van der Waals surface area (Å²) in [5.74, 6) is 0.0862. The van der Waals surface area contributed by atoms with Crippen LogP contribution in [0.5, 0.6) is 0 Å². The van der Waals surface area contributed by atoms with E-state index in [1.165, 1.54) is 7.22 Å². The number of carbonyl (C=O) groups excluding carboxylic acids is 2. The Kier molecular flexibility index (Phi) is 6.00. The molecule has 0 amide bonds. The van der Waals surface area contributed by atoms with Crippen LogP contribution >= 0.6 is 0 Å². The van der Waals surface area contributed by atoms with Gasteiger partial charge in [-0.2, -0.15) is 0 Å². The average Bonchev–Trinajstić information content (AvgIpc) is 2.80. The van der Waals surface area contributed by atoms with Gasteiger partial charge in [-0.25, -0.2) is 0 Å². The predicted octanol–water partition coefficient (Wildman–Crippen LogP) is 3.80. The first-order chi connectivity index (χ1) is 14.2. The van der Waals surface area contributed by atoms with Gasteiger partial charge >= 0.3 is 181 Å². The second-order valence-corrected chi connectivity index (χ2v) is 9.81. The van der Waals surface area contributed by atoms with Crippen molar-refractivity contribution in [2.75, 3.05) is 0 Å². The molecule has 0 aliphatic heterocycles. The topological polar surface area (TPSA) is 34.1 Å². The first-order valence-corrected chi connectivity index (χ1v) is 11.6. The molecule has 0 N–H and O–H groups in total. The molecule has 0 atom stereocenters. The number of benzene rings is 4. The summed E-state index contributed by atoms with van der Waals surface area (Å²) in [5.41, 5.74) is 2.82. The van der Waals surface area contributed by atoms with Gasteiger partial charge in [-0.05, 0) is 0 Å². The molecular weight excluding hydrogens is 472 g/mol. The van der Waals surface area contributed by atoms with Gasteiger partial charge in [0.15, 0.2) is 0 Å². The molecule has 4 aromatic carbocycles. The van der Waals surface area contributed by atoms with Gasteiger partial charge in [-0.15, -0.1) is 0 Å². The Morgan fingerprint density at radius 3 is 1.07 bits per heavy atom. The van der Waals surface area contributed by atoms with E-state index in [1.54, 1.807) is 0 Å². The zero-order chi connectivity index (χ0) is 20.1. The summed E-state index contributed by atoms with van der Waals surface area (Å²) in [7, 11) is 0. The molecule has 0 spiro atoms. The van der Waals surface area contributed by atoms with E-state index < -0.39 is 20.9 Å². The Morgan fingerprint density at radius 1 is 0.414 bits per heavy atom. The van der Waals surface area contributed by atoms with E-state index in [-0.39, 0.29) is 11.6 Å². The average molecular weight is 490 g/mol. The van der Waals surface area contributed by atoms with E-state index in [0.29, 0.717) is 22.3 Å². The van der Waals surface area contributed by atoms with Crippen LogP contribution in [0.3, 0.4) is 0 Å². The van der Waals surface area contributed by atoms with E-state index in [2.05, 4.69) is 0 Å². The molecule has 3 heteroatoms.